The molecule has 1 unspecified atom stereocenters. The van der Waals surface area contributed by atoms with Crippen molar-refractivity contribution in [3.05, 3.63) is 29.3 Å². The molecule has 0 fully saturated rings. The van der Waals surface area contributed by atoms with Crippen LogP contribution >= 0.6 is 11.6 Å². The van der Waals surface area contributed by atoms with Crippen LogP contribution in [0.15, 0.2) is 18.2 Å². The Hall–Kier alpha value is -1.02. The molecule has 1 aromatic rings. The molecular formula is C15H22ClNO. The number of anilines is 1. The van der Waals surface area contributed by atoms with Crippen molar-refractivity contribution in [2.45, 2.75) is 51.8 Å². The lowest BCUT2D eigenvalue weighted by Crippen LogP contribution is -2.22. The van der Waals surface area contributed by atoms with Crippen LogP contribution in [0.3, 0.4) is 0 Å². The highest BCUT2D eigenvalue weighted by molar-refractivity contribution is 6.32. The summed E-state index contributed by atoms with van der Waals surface area (Å²) in [6.45, 7) is 10.2. The average Bonchev–Trinajstić information content (AvgIpc) is 2.28. The summed E-state index contributed by atoms with van der Waals surface area (Å²) in [4.78, 5) is 11.8. The van der Waals surface area contributed by atoms with E-state index in [9.17, 15) is 4.79 Å². The second-order valence-corrected chi connectivity index (χ2v) is 5.88. The third kappa shape index (κ3) is 3.49. The van der Waals surface area contributed by atoms with E-state index < -0.39 is 5.38 Å². The minimum Gasteiger partial charge on any atom is -0.324 e. The zero-order chi connectivity index (χ0) is 13.9. The van der Waals surface area contributed by atoms with E-state index >= 15 is 0 Å². The van der Waals surface area contributed by atoms with Gasteiger partial charge in [-0.3, -0.25) is 4.79 Å². The van der Waals surface area contributed by atoms with Gasteiger partial charge >= 0.3 is 0 Å². The lowest BCUT2D eigenvalue weighted by atomic mass is 9.92. The molecule has 0 aliphatic rings. The number of para-hydroxylation sites is 1. The molecule has 0 aliphatic carbocycles. The molecular weight excluding hydrogens is 246 g/mol. The number of benzene rings is 1. The van der Waals surface area contributed by atoms with Gasteiger partial charge < -0.3 is 5.32 Å². The van der Waals surface area contributed by atoms with Crippen molar-refractivity contribution in [1.82, 2.24) is 0 Å². The zero-order valence-electron chi connectivity index (χ0n) is 11.8. The topological polar surface area (TPSA) is 29.1 Å². The number of carbonyl (C=O) groups is 1. The van der Waals surface area contributed by atoms with Crippen molar-refractivity contribution >= 4 is 23.2 Å². The molecule has 0 heterocycles. The van der Waals surface area contributed by atoms with Crippen LogP contribution in [0.25, 0.3) is 0 Å². The third-order valence-corrected chi connectivity index (χ3v) is 3.18. The van der Waals surface area contributed by atoms with Crippen molar-refractivity contribution in [3.63, 3.8) is 0 Å². The number of amides is 1. The summed E-state index contributed by atoms with van der Waals surface area (Å²) in [5.74, 6) is 0.584. The van der Waals surface area contributed by atoms with E-state index in [4.69, 9.17) is 11.6 Å². The number of hydrogen-bond acceptors (Lipinski definition) is 1. The fourth-order valence-corrected chi connectivity index (χ4v) is 1.97. The number of alkyl halides is 1. The molecule has 1 amide bonds. The molecule has 2 nitrogen and oxygen atoms in total. The number of nitrogens with one attached hydrogen (secondary N) is 1. The summed E-state index contributed by atoms with van der Waals surface area (Å²) < 4.78 is 0. The highest BCUT2D eigenvalue weighted by Gasteiger charge is 2.17. The molecule has 0 bridgehead atoms. The molecule has 1 N–H and O–H groups in total. The summed E-state index contributed by atoms with van der Waals surface area (Å²) in [6, 6.07) is 6.17. The molecule has 100 valence electrons. The Balaban J connectivity index is 3.23. The smallest absolute Gasteiger partial charge is 0.242 e. The Kier molecular flexibility index (Phi) is 5.21. The first kappa shape index (κ1) is 15.0. The second-order valence-electron chi connectivity index (χ2n) is 5.23. The molecule has 0 saturated heterocycles. The van der Waals surface area contributed by atoms with Crippen LogP contribution in [0, 0.1) is 0 Å². The van der Waals surface area contributed by atoms with Gasteiger partial charge in [0.15, 0.2) is 0 Å². The van der Waals surface area contributed by atoms with Gasteiger partial charge in [0, 0.05) is 5.69 Å². The summed E-state index contributed by atoms with van der Waals surface area (Å²) >= 11 is 5.83. The van der Waals surface area contributed by atoms with Crippen LogP contribution in [0.2, 0.25) is 0 Å². The van der Waals surface area contributed by atoms with E-state index in [-0.39, 0.29) is 5.91 Å². The Morgan fingerprint density at radius 2 is 1.50 bits per heavy atom. The minimum absolute atomic E-state index is 0.147. The molecule has 0 aliphatic heterocycles. The largest absolute Gasteiger partial charge is 0.324 e. The summed E-state index contributed by atoms with van der Waals surface area (Å²) in [5.41, 5.74) is 3.25. The first-order valence-electron chi connectivity index (χ1n) is 6.42. The van der Waals surface area contributed by atoms with Crippen LogP contribution < -0.4 is 5.32 Å². The zero-order valence-corrected chi connectivity index (χ0v) is 12.5. The van der Waals surface area contributed by atoms with Crippen LogP contribution in [0.1, 0.15) is 57.6 Å². The highest BCUT2D eigenvalue weighted by atomic mass is 35.5. The maximum Gasteiger partial charge on any atom is 0.242 e. The quantitative estimate of drug-likeness (QED) is 0.800. The first-order valence-corrected chi connectivity index (χ1v) is 6.86. The van der Waals surface area contributed by atoms with Gasteiger partial charge in [-0.1, -0.05) is 45.9 Å². The van der Waals surface area contributed by atoms with Gasteiger partial charge in [-0.2, -0.15) is 0 Å². The van der Waals surface area contributed by atoms with Gasteiger partial charge in [0.1, 0.15) is 5.38 Å². The Morgan fingerprint density at radius 1 is 1.06 bits per heavy atom. The second kappa shape index (κ2) is 6.24. The lowest BCUT2D eigenvalue weighted by molar-refractivity contribution is -0.115. The van der Waals surface area contributed by atoms with E-state index in [2.05, 4.69) is 45.1 Å². The fraction of sp³-hybridized carbons (Fsp3) is 0.533. The molecule has 18 heavy (non-hydrogen) atoms. The maximum atomic E-state index is 11.8. The number of carbonyl (C=O) groups excluding carboxylic acids is 1. The third-order valence-electron chi connectivity index (χ3n) is 2.98. The van der Waals surface area contributed by atoms with Crippen molar-refractivity contribution in [2.75, 3.05) is 5.32 Å². The Labute approximate surface area is 115 Å². The molecule has 0 saturated carbocycles. The van der Waals surface area contributed by atoms with Crippen LogP contribution in [-0.4, -0.2) is 11.3 Å². The molecule has 1 aromatic carbocycles. The summed E-state index contributed by atoms with van der Waals surface area (Å²) in [6.07, 6.45) is 0. The summed E-state index contributed by atoms with van der Waals surface area (Å²) in [7, 11) is 0. The number of halogens is 1. The molecule has 0 radical (unpaired) electrons. The molecule has 0 spiro atoms. The van der Waals surface area contributed by atoms with Gasteiger partial charge in [-0.05, 0) is 29.9 Å². The monoisotopic (exact) mass is 267 g/mol. The average molecular weight is 268 g/mol. The summed E-state index contributed by atoms with van der Waals surface area (Å²) in [5, 5.41) is 2.45. The number of rotatable bonds is 4. The van der Waals surface area contributed by atoms with E-state index in [1.54, 1.807) is 6.92 Å². The van der Waals surface area contributed by atoms with Crippen molar-refractivity contribution in [1.29, 1.82) is 0 Å². The van der Waals surface area contributed by atoms with Gasteiger partial charge in [0.25, 0.3) is 0 Å². The molecule has 0 aromatic heterocycles. The predicted octanol–water partition coefficient (Wildman–Crippen LogP) is 4.50. The van der Waals surface area contributed by atoms with Crippen LogP contribution in [0.4, 0.5) is 5.69 Å². The molecule has 1 rings (SSSR count). The fourth-order valence-electron chi connectivity index (χ4n) is 1.92. The van der Waals surface area contributed by atoms with Crippen LogP contribution in [0.5, 0.6) is 0 Å². The molecule has 1 atom stereocenters. The Bertz CT molecular complexity index is 398. The minimum atomic E-state index is -0.523. The van der Waals surface area contributed by atoms with E-state index in [1.165, 1.54) is 0 Å². The first-order chi connectivity index (χ1) is 8.34. The van der Waals surface area contributed by atoms with Gasteiger partial charge in [-0.25, -0.2) is 0 Å². The Morgan fingerprint density at radius 3 is 1.83 bits per heavy atom. The van der Waals surface area contributed by atoms with Gasteiger partial charge in [0.2, 0.25) is 5.91 Å². The van der Waals surface area contributed by atoms with Crippen molar-refractivity contribution in [2.24, 2.45) is 0 Å². The number of hydrogen-bond donors (Lipinski definition) is 1. The van der Waals surface area contributed by atoms with Gasteiger partial charge in [-0.15, -0.1) is 11.6 Å². The van der Waals surface area contributed by atoms with E-state index in [0.717, 1.165) is 16.8 Å². The maximum absolute atomic E-state index is 11.8. The van der Waals surface area contributed by atoms with Crippen molar-refractivity contribution in [3.8, 4) is 0 Å². The molecule has 3 heteroatoms. The van der Waals surface area contributed by atoms with E-state index in [1.807, 2.05) is 6.07 Å². The lowest BCUT2D eigenvalue weighted by Gasteiger charge is -2.20. The predicted molar refractivity (Wildman–Crippen MR) is 78.6 cm³/mol. The SMILES string of the molecule is CC(Cl)C(=O)Nc1c(C(C)C)cccc1C(C)C. The van der Waals surface area contributed by atoms with E-state index in [0.29, 0.717) is 11.8 Å². The normalized spacial score (nSPS) is 12.9. The highest BCUT2D eigenvalue weighted by Crippen LogP contribution is 2.32. The van der Waals surface area contributed by atoms with Crippen molar-refractivity contribution < 1.29 is 4.79 Å². The van der Waals surface area contributed by atoms with Crippen LogP contribution in [-0.2, 0) is 4.79 Å². The van der Waals surface area contributed by atoms with Gasteiger partial charge in [0.05, 0.1) is 0 Å². The standard InChI is InChI=1S/C15H22ClNO/c1-9(2)12-7-6-8-13(10(3)4)14(12)17-15(18)11(5)16/h6-11H,1-5H3,(H,17,18).